The third kappa shape index (κ3) is 2.54. The van der Waals surface area contributed by atoms with Gasteiger partial charge in [0.15, 0.2) is 0 Å². The highest BCUT2D eigenvalue weighted by molar-refractivity contribution is 9.10. The second-order valence-electron chi connectivity index (χ2n) is 3.62. The van der Waals surface area contributed by atoms with E-state index in [1.54, 1.807) is 0 Å². The van der Waals surface area contributed by atoms with E-state index in [0.29, 0.717) is 11.3 Å². The van der Waals surface area contributed by atoms with Gasteiger partial charge in [-0.15, -0.1) is 0 Å². The maximum atomic E-state index is 13.2. The van der Waals surface area contributed by atoms with Crippen LogP contribution in [0.15, 0.2) is 33.9 Å². The average molecular weight is 334 g/mol. The molecule has 0 amide bonds. The number of aromatic nitrogens is 2. The molecule has 0 saturated heterocycles. The van der Waals surface area contributed by atoms with Crippen molar-refractivity contribution >= 4 is 31.6 Å². The maximum Gasteiger partial charge on any atom is 0.262 e. The smallest absolute Gasteiger partial charge is 0.262 e. The molecule has 1 aromatic carbocycles. The quantitative estimate of drug-likeness (QED) is 0.905. The number of aromatic amines is 1. The van der Waals surface area contributed by atoms with Crippen LogP contribution in [0.2, 0.25) is 0 Å². The van der Waals surface area contributed by atoms with Gasteiger partial charge in [0.1, 0.15) is 5.82 Å². The van der Waals surface area contributed by atoms with Gasteiger partial charge in [-0.05, 0) is 40.5 Å². The van der Waals surface area contributed by atoms with Gasteiger partial charge in [-0.2, -0.15) is 5.10 Å². The first kappa shape index (κ1) is 13.0. The monoisotopic (exact) mass is 333 g/mol. The Morgan fingerprint density at radius 2 is 2.17 bits per heavy atom. The van der Waals surface area contributed by atoms with Crippen LogP contribution in [0.25, 0.3) is 0 Å². The summed E-state index contributed by atoms with van der Waals surface area (Å²) < 4.78 is 39.9. The molecule has 0 aliphatic carbocycles. The van der Waals surface area contributed by atoms with Crippen LogP contribution in [0, 0.1) is 12.7 Å². The van der Waals surface area contributed by atoms with E-state index < -0.39 is 15.8 Å². The lowest BCUT2D eigenvalue weighted by molar-refractivity contribution is 0.597. The molecule has 18 heavy (non-hydrogen) atoms. The third-order valence-electron chi connectivity index (χ3n) is 2.26. The molecule has 8 heteroatoms. The Labute approximate surface area is 112 Å². The second-order valence-corrected chi connectivity index (χ2v) is 6.13. The zero-order valence-corrected chi connectivity index (χ0v) is 11.6. The van der Waals surface area contributed by atoms with Gasteiger partial charge in [0.25, 0.3) is 10.0 Å². The summed E-state index contributed by atoms with van der Waals surface area (Å²) in [5, 5.41) is 6.13. The van der Waals surface area contributed by atoms with E-state index in [-0.39, 0.29) is 9.37 Å². The lowest BCUT2D eigenvalue weighted by Crippen LogP contribution is -2.14. The van der Waals surface area contributed by atoms with E-state index in [1.165, 1.54) is 25.4 Å². The highest BCUT2D eigenvalue weighted by Crippen LogP contribution is 2.25. The summed E-state index contributed by atoms with van der Waals surface area (Å²) in [6, 6.07) is 2.39. The molecule has 0 radical (unpaired) electrons. The Morgan fingerprint density at radius 1 is 1.44 bits per heavy atom. The molecule has 0 unspecified atom stereocenters. The fraction of sp³-hybridized carbons (Fsp3) is 0.100. The minimum absolute atomic E-state index is 0.0111. The zero-order valence-electron chi connectivity index (χ0n) is 9.24. The van der Waals surface area contributed by atoms with Crippen molar-refractivity contribution in [2.45, 2.75) is 11.8 Å². The van der Waals surface area contributed by atoms with Gasteiger partial charge in [-0.25, -0.2) is 12.8 Å². The molecule has 2 rings (SSSR count). The van der Waals surface area contributed by atoms with Crippen LogP contribution < -0.4 is 4.72 Å². The first-order chi connectivity index (χ1) is 8.40. The van der Waals surface area contributed by atoms with Crippen LogP contribution in [0.5, 0.6) is 0 Å². The van der Waals surface area contributed by atoms with Gasteiger partial charge in [-0.1, -0.05) is 0 Å². The molecular weight excluding hydrogens is 325 g/mol. The number of benzene rings is 1. The van der Waals surface area contributed by atoms with Gasteiger partial charge in [0.2, 0.25) is 0 Å². The molecule has 0 saturated carbocycles. The Bertz CT molecular complexity index is 671. The molecule has 96 valence electrons. The van der Waals surface area contributed by atoms with E-state index in [9.17, 15) is 12.8 Å². The largest absolute Gasteiger partial charge is 0.284 e. The number of halogens is 2. The highest BCUT2D eigenvalue weighted by Gasteiger charge is 2.19. The predicted octanol–water partition coefficient (Wildman–Crippen LogP) is 2.42. The SMILES string of the molecule is Cc1cc(F)c(Br)cc1S(=O)(=O)Nc1cn[nH]c1. The molecule has 1 heterocycles. The summed E-state index contributed by atoms with van der Waals surface area (Å²) in [5.41, 5.74) is 0.640. The van der Waals surface area contributed by atoms with E-state index in [1.807, 2.05) is 0 Å². The van der Waals surface area contributed by atoms with Gasteiger partial charge in [-0.3, -0.25) is 9.82 Å². The topological polar surface area (TPSA) is 74.8 Å². The number of nitrogens with one attached hydrogen (secondary N) is 2. The predicted molar refractivity (Wildman–Crippen MR) is 68.2 cm³/mol. The Balaban J connectivity index is 2.44. The normalized spacial score (nSPS) is 11.5. The number of anilines is 1. The number of hydrogen-bond donors (Lipinski definition) is 2. The summed E-state index contributed by atoms with van der Waals surface area (Å²) in [6.07, 6.45) is 2.75. The third-order valence-corrected chi connectivity index (χ3v) is 4.39. The molecule has 0 bridgehead atoms. The maximum absolute atomic E-state index is 13.2. The van der Waals surface area contributed by atoms with Crippen LogP contribution in [0.1, 0.15) is 5.56 Å². The van der Waals surface area contributed by atoms with Crippen molar-refractivity contribution in [2.24, 2.45) is 0 Å². The van der Waals surface area contributed by atoms with Gasteiger partial charge in [0.05, 0.1) is 21.3 Å². The summed E-state index contributed by atoms with van der Waals surface area (Å²) in [4.78, 5) is 0.0111. The Kier molecular flexibility index (Phi) is 3.40. The summed E-state index contributed by atoms with van der Waals surface area (Å²) >= 11 is 2.96. The summed E-state index contributed by atoms with van der Waals surface area (Å²) in [7, 11) is -3.76. The van der Waals surface area contributed by atoms with Gasteiger partial charge >= 0.3 is 0 Å². The zero-order chi connectivity index (χ0) is 13.3. The van der Waals surface area contributed by atoms with E-state index in [0.717, 1.165) is 6.07 Å². The Hall–Kier alpha value is -1.41. The van der Waals surface area contributed by atoms with E-state index in [4.69, 9.17) is 0 Å². The summed E-state index contributed by atoms with van der Waals surface area (Å²) in [5.74, 6) is -0.505. The molecule has 0 aliphatic rings. The number of H-pyrrole nitrogens is 1. The molecule has 0 atom stereocenters. The molecule has 0 spiro atoms. The first-order valence-corrected chi connectivity index (χ1v) is 7.15. The van der Waals surface area contributed by atoms with Crippen molar-refractivity contribution in [1.29, 1.82) is 0 Å². The molecule has 2 N–H and O–H groups in total. The standard InChI is InChI=1S/C10H9BrFN3O2S/c1-6-2-9(12)8(11)3-10(6)18(16,17)15-7-4-13-14-5-7/h2-5,15H,1H3,(H,13,14). The van der Waals surface area contributed by atoms with E-state index in [2.05, 4.69) is 30.8 Å². The first-order valence-electron chi connectivity index (χ1n) is 4.87. The minimum Gasteiger partial charge on any atom is -0.284 e. The lowest BCUT2D eigenvalue weighted by Gasteiger charge is -2.09. The number of aryl methyl sites for hydroxylation is 1. The van der Waals surface area contributed by atoms with Crippen molar-refractivity contribution in [3.8, 4) is 0 Å². The van der Waals surface area contributed by atoms with Crippen molar-refractivity contribution in [2.75, 3.05) is 4.72 Å². The molecule has 1 aromatic heterocycles. The summed E-state index contributed by atoms with van der Waals surface area (Å²) in [6.45, 7) is 1.53. The second kappa shape index (κ2) is 4.69. The minimum atomic E-state index is -3.76. The molecule has 2 aromatic rings. The van der Waals surface area contributed by atoms with Crippen LogP contribution in [0.3, 0.4) is 0 Å². The van der Waals surface area contributed by atoms with Gasteiger partial charge in [0, 0.05) is 6.20 Å². The fourth-order valence-electron chi connectivity index (χ4n) is 1.43. The van der Waals surface area contributed by atoms with Crippen molar-refractivity contribution in [1.82, 2.24) is 10.2 Å². The van der Waals surface area contributed by atoms with Crippen LogP contribution in [0.4, 0.5) is 10.1 Å². The van der Waals surface area contributed by atoms with Crippen molar-refractivity contribution in [3.63, 3.8) is 0 Å². The fourth-order valence-corrected chi connectivity index (χ4v) is 3.22. The molecule has 0 fully saturated rings. The number of hydrogen-bond acceptors (Lipinski definition) is 3. The Morgan fingerprint density at radius 3 is 2.78 bits per heavy atom. The number of sulfonamides is 1. The van der Waals surface area contributed by atoms with Crippen LogP contribution >= 0.6 is 15.9 Å². The number of nitrogens with zero attached hydrogens (tertiary/aromatic N) is 1. The molecule has 0 aliphatic heterocycles. The van der Waals surface area contributed by atoms with Crippen LogP contribution in [-0.2, 0) is 10.0 Å². The average Bonchev–Trinajstić information content (AvgIpc) is 2.75. The van der Waals surface area contributed by atoms with Crippen molar-refractivity contribution in [3.05, 3.63) is 40.4 Å². The molecular formula is C10H9BrFN3O2S. The number of rotatable bonds is 3. The molecule has 5 nitrogen and oxygen atoms in total. The lowest BCUT2D eigenvalue weighted by atomic mass is 10.2. The van der Waals surface area contributed by atoms with Crippen molar-refractivity contribution < 1.29 is 12.8 Å². The van der Waals surface area contributed by atoms with E-state index >= 15 is 0 Å². The highest BCUT2D eigenvalue weighted by atomic mass is 79.9. The van der Waals surface area contributed by atoms with Crippen LogP contribution in [-0.4, -0.2) is 18.6 Å². The van der Waals surface area contributed by atoms with Gasteiger partial charge < -0.3 is 0 Å².